The third-order valence-electron chi connectivity index (χ3n) is 4.44. The molecule has 26 heavy (non-hydrogen) atoms. The molecule has 5 nitrogen and oxygen atoms in total. The van der Waals surface area contributed by atoms with Crippen LogP contribution in [0.2, 0.25) is 10.0 Å². The number of nitrogens with zero attached hydrogens (tertiary/aromatic N) is 3. The molecule has 0 bridgehead atoms. The van der Waals surface area contributed by atoms with E-state index >= 15 is 0 Å². The van der Waals surface area contributed by atoms with Crippen LogP contribution in [0.3, 0.4) is 0 Å². The Morgan fingerprint density at radius 2 is 2.00 bits per heavy atom. The van der Waals surface area contributed by atoms with Crippen molar-refractivity contribution in [2.24, 2.45) is 5.73 Å². The van der Waals surface area contributed by atoms with E-state index in [0.29, 0.717) is 39.5 Å². The van der Waals surface area contributed by atoms with E-state index in [1.165, 1.54) is 18.0 Å². The minimum Gasteiger partial charge on any atom is -0.337 e. The number of hydrogen-bond acceptors (Lipinski definition) is 5. The zero-order valence-electron chi connectivity index (χ0n) is 14.6. The molecule has 2 heterocycles. The molecule has 2 aromatic rings. The first-order chi connectivity index (χ1) is 12.3. The monoisotopic (exact) mass is 410 g/mol. The lowest BCUT2D eigenvalue weighted by Gasteiger charge is -2.36. The van der Waals surface area contributed by atoms with Crippen molar-refractivity contribution < 1.29 is 4.79 Å². The van der Waals surface area contributed by atoms with E-state index in [-0.39, 0.29) is 11.4 Å². The number of likely N-dealkylation sites (tertiary alicyclic amines) is 1. The third kappa shape index (κ3) is 4.31. The zero-order chi connectivity index (χ0) is 18.9. The Morgan fingerprint density at radius 3 is 2.65 bits per heavy atom. The summed E-state index contributed by atoms with van der Waals surface area (Å²) in [4.78, 5) is 24.1. The molecule has 0 aliphatic carbocycles. The quantitative estimate of drug-likeness (QED) is 0.820. The highest BCUT2D eigenvalue weighted by Crippen LogP contribution is 2.37. The Labute approximate surface area is 167 Å². The number of hydrogen-bond donors (Lipinski definition) is 1. The van der Waals surface area contributed by atoms with Gasteiger partial charge in [-0.2, -0.15) is 0 Å². The SMILES string of the molecule is Cc1nc(C(=O)N2CCC(C)(N)CC2)cnc1Sc1cccc(Cl)c1Cl. The van der Waals surface area contributed by atoms with Crippen LogP contribution in [0.1, 0.15) is 35.9 Å². The highest BCUT2D eigenvalue weighted by molar-refractivity contribution is 7.99. The highest BCUT2D eigenvalue weighted by Gasteiger charge is 2.29. The van der Waals surface area contributed by atoms with Crippen LogP contribution in [-0.2, 0) is 0 Å². The van der Waals surface area contributed by atoms with Gasteiger partial charge in [0.15, 0.2) is 0 Å². The zero-order valence-corrected chi connectivity index (χ0v) is 17.0. The fraction of sp³-hybridized carbons (Fsp3) is 0.389. The smallest absolute Gasteiger partial charge is 0.274 e. The van der Waals surface area contributed by atoms with Crippen LogP contribution in [0.4, 0.5) is 0 Å². The lowest BCUT2D eigenvalue weighted by atomic mass is 9.91. The van der Waals surface area contributed by atoms with Gasteiger partial charge in [0.1, 0.15) is 10.7 Å². The maximum atomic E-state index is 12.7. The second-order valence-corrected chi connectivity index (χ2v) is 8.56. The number of nitrogens with two attached hydrogens (primary N) is 1. The molecule has 1 aromatic carbocycles. The standard InChI is InChI=1S/C18H20Cl2N4OS/c1-11-16(26-14-5-3-4-12(19)15(14)20)22-10-13(23-11)17(25)24-8-6-18(2,21)7-9-24/h3-5,10H,6-9,21H2,1-2H3. The molecular formula is C18H20Cl2N4OS. The Morgan fingerprint density at radius 1 is 1.31 bits per heavy atom. The molecule has 0 spiro atoms. The molecule has 138 valence electrons. The molecule has 0 unspecified atom stereocenters. The number of benzene rings is 1. The van der Waals surface area contributed by atoms with E-state index in [4.69, 9.17) is 28.9 Å². The Balaban J connectivity index is 1.75. The van der Waals surface area contributed by atoms with Crippen molar-refractivity contribution in [3.05, 3.63) is 45.8 Å². The molecule has 3 rings (SSSR count). The van der Waals surface area contributed by atoms with Crippen molar-refractivity contribution in [3.63, 3.8) is 0 Å². The molecule has 2 N–H and O–H groups in total. The summed E-state index contributed by atoms with van der Waals surface area (Å²) in [5, 5.41) is 1.67. The molecule has 0 saturated carbocycles. The average Bonchev–Trinajstić information content (AvgIpc) is 2.60. The summed E-state index contributed by atoms with van der Waals surface area (Å²) < 4.78 is 0. The predicted molar refractivity (Wildman–Crippen MR) is 105 cm³/mol. The molecule has 1 fully saturated rings. The first-order valence-corrected chi connectivity index (χ1v) is 9.88. The van der Waals surface area contributed by atoms with Crippen molar-refractivity contribution in [2.45, 2.75) is 42.1 Å². The van der Waals surface area contributed by atoms with Gasteiger partial charge in [-0.15, -0.1) is 0 Å². The number of carbonyl (C=O) groups excluding carboxylic acids is 1. The molecule has 0 atom stereocenters. The van der Waals surface area contributed by atoms with E-state index < -0.39 is 0 Å². The molecule has 8 heteroatoms. The van der Waals surface area contributed by atoms with Gasteiger partial charge >= 0.3 is 0 Å². The minimum absolute atomic E-state index is 0.103. The van der Waals surface area contributed by atoms with Gasteiger partial charge in [-0.1, -0.05) is 41.0 Å². The number of rotatable bonds is 3. The van der Waals surface area contributed by atoms with E-state index in [2.05, 4.69) is 9.97 Å². The van der Waals surface area contributed by atoms with Crippen LogP contribution >= 0.6 is 35.0 Å². The summed E-state index contributed by atoms with van der Waals surface area (Å²) in [6.45, 7) is 5.13. The fourth-order valence-corrected chi connectivity index (χ4v) is 4.05. The molecule has 1 aliphatic rings. The Hall–Kier alpha value is -1.34. The van der Waals surface area contributed by atoms with Gasteiger partial charge in [0.2, 0.25) is 0 Å². The van der Waals surface area contributed by atoms with Gasteiger partial charge in [0, 0.05) is 23.5 Å². The minimum atomic E-state index is -0.199. The van der Waals surface area contributed by atoms with Gasteiger partial charge in [-0.25, -0.2) is 9.97 Å². The van der Waals surface area contributed by atoms with E-state index in [1.54, 1.807) is 11.0 Å². The van der Waals surface area contributed by atoms with Crippen LogP contribution in [0.15, 0.2) is 34.3 Å². The fourth-order valence-electron chi connectivity index (χ4n) is 2.72. The number of piperidine rings is 1. The number of aromatic nitrogens is 2. The number of amides is 1. The normalized spacial score (nSPS) is 16.6. The molecule has 1 aromatic heterocycles. The van der Waals surface area contributed by atoms with Crippen LogP contribution in [0.25, 0.3) is 0 Å². The summed E-state index contributed by atoms with van der Waals surface area (Å²) in [7, 11) is 0. The first-order valence-electron chi connectivity index (χ1n) is 8.30. The van der Waals surface area contributed by atoms with Crippen LogP contribution < -0.4 is 5.73 Å². The lowest BCUT2D eigenvalue weighted by Crippen LogP contribution is -2.50. The molecule has 1 saturated heterocycles. The van der Waals surface area contributed by atoms with Gasteiger partial charge in [0.25, 0.3) is 5.91 Å². The topological polar surface area (TPSA) is 72.1 Å². The Bertz CT molecular complexity index is 834. The maximum Gasteiger partial charge on any atom is 0.274 e. The summed E-state index contributed by atoms with van der Waals surface area (Å²) in [6.07, 6.45) is 3.09. The van der Waals surface area contributed by atoms with Gasteiger partial charge in [-0.3, -0.25) is 4.79 Å². The summed E-state index contributed by atoms with van der Waals surface area (Å²) in [5.41, 5.74) is 6.96. The Kier molecular flexibility index (Phi) is 5.77. The van der Waals surface area contributed by atoms with Crippen molar-refractivity contribution in [1.82, 2.24) is 14.9 Å². The average molecular weight is 411 g/mol. The molecule has 1 amide bonds. The summed E-state index contributed by atoms with van der Waals surface area (Å²) >= 11 is 13.7. The largest absolute Gasteiger partial charge is 0.337 e. The first kappa shape index (κ1) is 19.4. The van der Waals surface area contributed by atoms with E-state index in [0.717, 1.165) is 17.7 Å². The molecule has 1 aliphatic heterocycles. The van der Waals surface area contributed by atoms with Crippen LogP contribution in [0, 0.1) is 6.92 Å². The van der Waals surface area contributed by atoms with Crippen molar-refractivity contribution in [3.8, 4) is 0 Å². The van der Waals surface area contributed by atoms with E-state index in [1.807, 2.05) is 26.0 Å². The lowest BCUT2D eigenvalue weighted by molar-refractivity contribution is 0.0674. The number of aryl methyl sites for hydroxylation is 1. The highest BCUT2D eigenvalue weighted by atomic mass is 35.5. The predicted octanol–water partition coefficient (Wildman–Crippen LogP) is 4.20. The van der Waals surface area contributed by atoms with Crippen molar-refractivity contribution >= 4 is 40.9 Å². The van der Waals surface area contributed by atoms with Gasteiger partial charge < -0.3 is 10.6 Å². The number of halogens is 2. The second kappa shape index (κ2) is 7.72. The van der Waals surface area contributed by atoms with Gasteiger partial charge in [-0.05, 0) is 38.8 Å². The van der Waals surface area contributed by atoms with Crippen LogP contribution in [0.5, 0.6) is 0 Å². The van der Waals surface area contributed by atoms with Crippen molar-refractivity contribution in [2.75, 3.05) is 13.1 Å². The number of carbonyl (C=O) groups is 1. The summed E-state index contributed by atoms with van der Waals surface area (Å²) in [6, 6.07) is 5.44. The second-order valence-electron chi connectivity index (χ2n) is 6.75. The molecular weight excluding hydrogens is 391 g/mol. The third-order valence-corrected chi connectivity index (χ3v) is 6.52. The van der Waals surface area contributed by atoms with Crippen LogP contribution in [-0.4, -0.2) is 39.4 Å². The van der Waals surface area contributed by atoms with Gasteiger partial charge in [0.05, 0.1) is 21.9 Å². The maximum absolute atomic E-state index is 12.7. The van der Waals surface area contributed by atoms with Crippen molar-refractivity contribution in [1.29, 1.82) is 0 Å². The molecule has 0 radical (unpaired) electrons. The summed E-state index contributed by atoms with van der Waals surface area (Å²) in [5.74, 6) is -0.103. The van der Waals surface area contributed by atoms with E-state index in [9.17, 15) is 4.79 Å².